The van der Waals surface area contributed by atoms with Crippen LogP contribution in [-0.2, 0) is 24.4 Å². The summed E-state index contributed by atoms with van der Waals surface area (Å²) < 4.78 is 24.6. The van der Waals surface area contributed by atoms with Gasteiger partial charge in [0.2, 0.25) is 11.8 Å². The summed E-state index contributed by atoms with van der Waals surface area (Å²) in [6, 6.07) is 20.0. The first-order valence-corrected chi connectivity index (χ1v) is 13.9. The lowest BCUT2D eigenvalue weighted by molar-refractivity contribution is -0.134. The van der Waals surface area contributed by atoms with E-state index in [0.29, 0.717) is 18.7 Å². The molecule has 41 heavy (non-hydrogen) atoms. The number of nitrogens with zero attached hydrogens (tertiary/aromatic N) is 2. The zero-order valence-corrected chi connectivity index (χ0v) is 23.5. The Morgan fingerprint density at radius 1 is 1.10 bits per heavy atom. The molecule has 8 heteroatoms. The van der Waals surface area contributed by atoms with Crippen molar-refractivity contribution in [3.63, 3.8) is 0 Å². The molecule has 5 rings (SSSR count). The van der Waals surface area contributed by atoms with Crippen molar-refractivity contribution in [3.05, 3.63) is 118 Å². The van der Waals surface area contributed by atoms with E-state index in [2.05, 4.69) is 61.4 Å². The van der Waals surface area contributed by atoms with Gasteiger partial charge in [0, 0.05) is 19.5 Å². The maximum Gasteiger partial charge on any atom is 0.273 e. The molecule has 0 spiro atoms. The summed E-state index contributed by atoms with van der Waals surface area (Å²) in [6.45, 7) is 7.12. The Bertz CT molecular complexity index is 1510. The van der Waals surface area contributed by atoms with E-state index >= 15 is 0 Å². The van der Waals surface area contributed by atoms with E-state index in [1.54, 1.807) is 12.1 Å². The van der Waals surface area contributed by atoms with Crippen LogP contribution < -0.4 is 10.1 Å². The standard InChI is InChI=1S/C33H34FN3O4/c1-21(2)16-31(38)37-15-14-24-10-13-27(17-28(24)32(37)25-8-4-22(3)5-9-25)40-20-30-36-29(19-41-30)33(39)35-18-23-6-11-26(34)12-7-23/h4-13,17,19,21,32H,14-16,18,20H2,1-3H3,(H,35,39). The minimum Gasteiger partial charge on any atom is -0.484 e. The number of rotatable bonds is 9. The summed E-state index contributed by atoms with van der Waals surface area (Å²) in [5, 5.41) is 2.75. The number of halogens is 1. The molecule has 2 heterocycles. The predicted octanol–water partition coefficient (Wildman–Crippen LogP) is 6.15. The summed E-state index contributed by atoms with van der Waals surface area (Å²) in [5.74, 6) is 0.575. The molecule has 3 aromatic carbocycles. The first-order valence-electron chi connectivity index (χ1n) is 13.9. The van der Waals surface area contributed by atoms with E-state index < -0.39 is 5.91 Å². The fourth-order valence-corrected chi connectivity index (χ4v) is 5.03. The maximum atomic E-state index is 13.3. The summed E-state index contributed by atoms with van der Waals surface area (Å²) in [4.78, 5) is 32.0. The Morgan fingerprint density at radius 3 is 2.59 bits per heavy atom. The maximum absolute atomic E-state index is 13.3. The second-order valence-corrected chi connectivity index (χ2v) is 10.8. The van der Waals surface area contributed by atoms with Gasteiger partial charge in [-0.15, -0.1) is 0 Å². The third-order valence-electron chi connectivity index (χ3n) is 7.15. The van der Waals surface area contributed by atoms with Gasteiger partial charge in [0.25, 0.3) is 5.91 Å². The molecule has 1 N–H and O–H groups in total. The van der Waals surface area contributed by atoms with Gasteiger partial charge in [-0.1, -0.05) is 61.9 Å². The second kappa shape index (κ2) is 12.4. The summed E-state index contributed by atoms with van der Waals surface area (Å²) in [5.41, 5.74) is 5.37. The van der Waals surface area contributed by atoms with E-state index in [1.807, 2.05) is 17.0 Å². The number of carbonyl (C=O) groups is 2. The van der Waals surface area contributed by atoms with Gasteiger partial charge in [-0.25, -0.2) is 9.37 Å². The molecule has 1 unspecified atom stereocenters. The van der Waals surface area contributed by atoms with Crippen LogP contribution in [0.15, 0.2) is 77.4 Å². The number of fused-ring (bicyclic) bond motifs is 1. The molecule has 0 bridgehead atoms. The molecule has 1 aliphatic heterocycles. The van der Waals surface area contributed by atoms with Gasteiger partial charge < -0.3 is 19.4 Å². The van der Waals surface area contributed by atoms with Crippen LogP contribution in [0.2, 0.25) is 0 Å². The van der Waals surface area contributed by atoms with E-state index in [-0.39, 0.29) is 48.4 Å². The molecule has 0 saturated heterocycles. The molecule has 1 atom stereocenters. The lowest BCUT2D eigenvalue weighted by Crippen LogP contribution is -2.41. The normalized spacial score (nSPS) is 14.6. The highest BCUT2D eigenvalue weighted by molar-refractivity contribution is 5.91. The minimum absolute atomic E-state index is 0.0369. The van der Waals surface area contributed by atoms with Gasteiger partial charge in [0.05, 0.1) is 6.04 Å². The van der Waals surface area contributed by atoms with Crippen LogP contribution in [0.1, 0.15) is 70.5 Å². The highest BCUT2D eigenvalue weighted by atomic mass is 19.1. The highest BCUT2D eigenvalue weighted by Gasteiger charge is 2.32. The van der Waals surface area contributed by atoms with Crippen molar-refractivity contribution < 1.29 is 23.1 Å². The second-order valence-electron chi connectivity index (χ2n) is 10.8. The molecular formula is C33H34FN3O4. The van der Waals surface area contributed by atoms with Gasteiger partial charge in [0.1, 0.15) is 17.8 Å². The molecule has 1 aromatic heterocycles. The van der Waals surface area contributed by atoms with Crippen molar-refractivity contribution in [1.82, 2.24) is 15.2 Å². The number of oxazole rings is 1. The van der Waals surface area contributed by atoms with Crippen LogP contribution in [0, 0.1) is 18.7 Å². The van der Waals surface area contributed by atoms with Crippen LogP contribution in [0.3, 0.4) is 0 Å². The molecule has 2 amide bonds. The van der Waals surface area contributed by atoms with Crippen molar-refractivity contribution in [2.45, 2.75) is 52.8 Å². The molecule has 0 aliphatic carbocycles. The van der Waals surface area contributed by atoms with Gasteiger partial charge in [0.15, 0.2) is 12.3 Å². The zero-order valence-electron chi connectivity index (χ0n) is 23.5. The number of aromatic nitrogens is 1. The number of carbonyl (C=O) groups excluding carboxylic acids is 2. The van der Waals surface area contributed by atoms with E-state index in [4.69, 9.17) is 9.15 Å². The molecule has 0 fully saturated rings. The van der Waals surface area contributed by atoms with Crippen LogP contribution in [0.25, 0.3) is 0 Å². The Labute approximate surface area is 239 Å². The van der Waals surface area contributed by atoms with Crippen molar-refractivity contribution in [3.8, 4) is 5.75 Å². The van der Waals surface area contributed by atoms with Gasteiger partial charge in [-0.05, 0) is 65.8 Å². The third-order valence-corrected chi connectivity index (χ3v) is 7.15. The Kier molecular flexibility index (Phi) is 8.47. The lowest BCUT2D eigenvalue weighted by atomic mass is 9.87. The van der Waals surface area contributed by atoms with Crippen LogP contribution in [-0.4, -0.2) is 28.2 Å². The average Bonchev–Trinajstić information content (AvgIpc) is 3.44. The summed E-state index contributed by atoms with van der Waals surface area (Å²) in [7, 11) is 0. The number of nitrogens with one attached hydrogen (secondary N) is 1. The van der Waals surface area contributed by atoms with Crippen LogP contribution >= 0.6 is 0 Å². The molecule has 0 saturated carbocycles. The quantitative estimate of drug-likeness (QED) is 0.268. The van der Waals surface area contributed by atoms with Crippen molar-refractivity contribution in [2.75, 3.05) is 6.54 Å². The molecule has 7 nitrogen and oxygen atoms in total. The molecule has 4 aromatic rings. The van der Waals surface area contributed by atoms with Crippen LogP contribution in [0.4, 0.5) is 4.39 Å². The number of benzene rings is 3. The smallest absolute Gasteiger partial charge is 0.273 e. The predicted molar refractivity (Wildman–Crippen MR) is 153 cm³/mol. The highest BCUT2D eigenvalue weighted by Crippen LogP contribution is 2.38. The fraction of sp³-hybridized carbons (Fsp3) is 0.303. The zero-order chi connectivity index (χ0) is 28.9. The first-order chi connectivity index (χ1) is 19.8. The molecule has 0 radical (unpaired) electrons. The number of aryl methyl sites for hydroxylation is 1. The van der Waals surface area contributed by atoms with E-state index in [1.165, 1.54) is 24.0 Å². The SMILES string of the molecule is Cc1ccc(C2c3cc(OCc4nc(C(=O)NCc5ccc(F)cc5)co4)ccc3CCN2C(=O)CC(C)C)cc1. The fourth-order valence-electron chi connectivity index (χ4n) is 5.03. The Morgan fingerprint density at radius 2 is 1.85 bits per heavy atom. The van der Waals surface area contributed by atoms with Crippen LogP contribution in [0.5, 0.6) is 5.75 Å². The first kappa shape index (κ1) is 28.1. The average molecular weight is 556 g/mol. The number of hydrogen-bond donors (Lipinski definition) is 1. The number of ether oxygens (including phenoxy) is 1. The number of amides is 2. The largest absolute Gasteiger partial charge is 0.484 e. The minimum atomic E-state index is -0.398. The summed E-state index contributed by atoms with van der Waals surface area (Å²) >= 11 is 0. The topological polar surface area (TPSA) is 84.7 Å². The van der Waals surface area contributed by atoms with E-state index in [0.717, 1.165) is 28.7 Å². The molecule has 212 valence electrons. The van der Waals surface area contributed by atoms with Crippen molar-refractivity contribution >= 4 is 11.8 Å². The monoisotopic (exact) mass is 555 g/mol. The molecular weight excluding hydrogens is 521 g/mol. The third kappa shape index (κ3) is 6.82. The Balaban J connectivity index is 1.29. The lowest BCUT2D eigenvalue weighted by Gasteiger charge is -2.38. The van der Waals surface area contributed by atoms with Crippen molar-refractivity contribution in [2.24, 2.45) is 5.92 Å². The molecule has 1 aliphatic rings. The van der Waals surface area contributed by atoms with Gasteiger partial charge in [-0.2, -0.15) is 0 Å². The van der Waals surface area contributed by atoms with Gasteiger partial charge in [-0.3, -0.25) is 9.59 Å². The van der Waals surface area contributed by atoms with E-state index in [9.17, 15) is 14.0 Å². The van der Waals surface area contributed by atoms with Crippen molar-refractivity contribution in [1.29, 1.82) is 0 Å². The van der Waals surface area contributed by atoms with Gasteiger partial charge >= 0.3 is 0 Å². The number of hydrogen-bond acceptors (Lipinski definition) is 5. The summed E-state index contributed by atoms with van der Waals surface area (Å²) in [6.07, 6.45) is 2.56. The Hall–Kier alpha value is -4.46.